The fraction of sp³-hybridized carbons (Fsp3) is 0.562. The predicted octanol–water partition coefficient (Wildman–Crippen LogP) is 2.43. The average molecular weight is 296 g/mol. The monoisotopic (exact) mass is 296 g/mol. The van der Waals surface area contributed by atoms with Gasteiger partial charge in [0.05, 0.1) is 13.0 Å². The number of nitrogens with two attached hydrogens (primary N) is 1. The lowest BCUT2D eigenvalue weighted by Crippen LogP contribution is -2.35. The third kappa shape index (κ3) is 6.12. The number of benzene rings is 1. The zero-order chi connectivity index (χ0) is 15.8. The maximum atomic E-state index is 13.3. The lowest BCUT2D eigenvalue weighted by atomic mass is 10.0. The van der Waals surface area contributed by atoms with Gasteiger partial charge in [-0.2, -0.15) is 0 Å². The van der Waals surface area contributed by atoms with E-state index in [1.54, 1.807) is 30.1 Å². The van der Waals surface area contributed by atoms with Crippen LogP contribution in [0.3, 0.4) is 0 Å². The molecule has 0 fully saturated rings. The topological polar surface area (TPSA) is 55.6 Å². The number of hydrogen-bond acceptors (Lipinski definition) is 3. The van der Waals surface area contributed by atoms with E-state index in [1.807, 2.05) is 0 Å². The maximum absolute atomic E-state index is 13.3. The van der Waals surface area contributed by atoms with Gasteiger partial charge in [-0.1, -0.05) is 26.0 Å². The van der Waals surface area contributed by atoms with Gasteiger partial charge in [0, 0.05) is 19.6 Å². The molecule has 2 N–H and O–H groups in total. The van der Waals surface area contributed by atoms with Gasteiger partial charge >= 0.3 is 0 Å². The molecule has 1 aromatic rings. The number of nitrogens with zero attached hydrogens (tertiary/aromatic N) is 1. The van der Waals surface area contributed by atoms with Crippen molar-refractivity contribution in [2.45, 2.75) is 32.7 Å². The van der Waals surface area contributed by atoms with Crippen LogP contribution in [0.2, 0.25) is 0 Å². The lowest BCUT2D eigenvalue weighted by Gasteiger charge is -2.21. The average Bonchev–Trinajstić information content (AvgIpc) is 2.46. The Morgan fingerprint density at radius 2 is 2.05 bits per heavy atom. The first kappa shape index (κ1) is 17.4. The van der Waals surface area contributed by atoms with Crippen molar-refractivity contribution in [3.63, 3.8) is 0 Å². The van der Waals surface area contributed by atoms with Gasteiger partial charge in [-0.15, -0.1) is 0 Å². The van der Waals surface area contributed by atoms with Crippen molar-refractivity contribution in [1.29, 1.82) is 0 Å². The Morgan fingerprint density at radius 3 is 2.67 bits per heavy atom. The number of amides is 1. The molecule has 0 aliphatic rings. The zero-order valence-corrected chi connectivity index (χ0v) is 13.0. The summed E-state index contributed by atoms with van der Waals surface area (Å²) >= 11 is 0. The van der Waals surface area contributed by atoms with E-state index >= 15 is 0 Å². The molecule has 0 heterocycles. The van der Waals surface area contributed by atoms with Crippen molar-refractivity contribution in [2.75, 3.05) is 20.2 Å². The highest BCUT2D eigenvalue weighted by atomic mass is 19.1. The Labute approximate surface area is 126 Å². The van der Waals surface area contributed by atoms with Crippen LogP contribution in [0.1, 0.15) is 26.7 Å². The standard InChI is InChI=1S/C16H25FN2O2/c1-12(2)14(18)8-10-19(3)16(20)9-11-21-15-7-5-4-6-13(15)17/h4-7,12,14H,8-11,18H2,1-3H3. The molecular formula is C16H25FN2O2. The minimum atomic E-state index is -0.416. The number of para-hydroxylation sites is 1. The first-order valence-corrected chi connectivity index (χ1v) is 7.28. The minimum Gasteiger partial charge on any atom is -0.490 e. The van der Waals surface area contributed by atoms with Crippen LogP contribution in [-0.2, 0) is 4.79 Å². The summed E-state index contributed by atoms with van der Waals surface area (Å²) in [7, 11) is 1.75. The maximum Gasteiger partial charge on any atom is 0.225 e. The highest BCUT2D eigenvalue weighted by Crippen LogP contribution is 2.15. The summed E-state index contributed by atoms with van der Waals surface area (Å²) in [6.07, 6.45) is 0.996. The van der Waals surface area contributed by atoms with E-state index < -0.39 is 5.82 Å². The molecule has 0 aromatic heterocycles. The second kappa shape index (κ2) is 8.62. The Hall–Kier alpha value is -1.62. The van der Waals surface area contributed by atoms with Crippen LogP contribution >= 0.6 is 0 Å². The molecule has 1 unspecified atom stereocenters. The molecule has 0 aliphatic heterocycles. The summed E-state index contributed by atoms with van der Waals surface area (Å²) in [6, 6.07) is 6.26. The zero-order valence-electron chi connectivity index (χ0n) is 13.0. The van der Waals surface area contributed by atoms with Crippen molar-refractivity contribution in [3.05, 3.63) is 30.1 Å². The largest absolute Gasteiger partial charge is 0.490 e. The van der Waals surface area contributed by atoms with Gasteiger partial charge in [-0.05, 0) is 24.5 Å². The fourth-order valence-corrected chi connectivity index (χ4v) is 1.80. The number of carbonyl (C=O) groups is 1. The fourth-order valence-electron chi connectivity index (χ4n) is 1.80. The SMILES string of the molecule is CC(C)C(N)CCN(C)C(=O)CCOc1ccccc1F. The Morgan fingerprint density at radius 1 is 1.38 bits per heavy atom. The molecule has 1 aromatic carbocycles. The molecule has 21 heavy (non-hydrogen) atoms. The van der Waals surface area contributed by atoms with Gasteiger partial charge in [-0.3, -0.25) is 4.79 Å². The normalized spacial score (nSPS) is 12.3. The molecule has 5 heteroatoms. The number of ether oxygens (including phenoxy) is 1. The smallest absolute Gasteiger partial charge is 0.225 e. The van der Waals surface area contributed by atoms with Crippen LogP contribution < -0.4 is 10.5 Å². The lowest BCUT2D eigenvalue weighted by molar-refractivity contribution is -0.130. The van der Waals surface area contributed by atoms with E-state index in [4.69, 9.17) is 10.5 Å². The van der Waals surface area contributed by atoms with Crippen molar-refractivity contribution in [1.82, 2.24) is 4.90 Å². The molecule has 1 amide bonds. The highest BCUT2D eigenvalue weighted by molar-refractivity contribution is 5.75. The molecule has 0 saturated heterocycles. The van der Waals surface area contributed by atoms with Gasteiger partial charge in [0.15, 0.2) is 11.6 Å². The summed E-state index contributed by atoms with van der Waals surface area (Å²) in [4.78, 5) is 13.6. The van der Waals surface area contributed by atoms with Crippen LogP contribution in [0.5, 0.6) is 5.75 Å². The number of rotatable bonds is 8. The molecule has 1 rings (SSSR count). The van der Waals surface area contributed by atoms with E-state index in [0.29, 0.717) is 12.5 Å². The first-order chi connectivity index (χ1) is 9.91. The quantitative estimate of drug-likeness (QED) is 0.801. The molecule has 0 saturated carbocycles. The number of halogens is 1. The van der Waals surface area contributed by atoms with Crippen LogP contribution in [0.25, 0.3) is 0 Å². The molecule has 0 radical (unpaired) electrons. The summed E-state index contributed by atoms with van der Waals surface area (Å²) in [6.45, 7) is 4.92. The third-order valence-corrected chi connectivity index (χ3v) is 3.49. The summed E-state index contributed by atoms with van der Waals surface area (Å²) in [5, 5.41) is 0. The van der Waals surface area contributed by atoms with Gasteiger partial charge in [0.25, 0.3) is 0 Å². The molecule has 4 nitrogen and oxygen atoms in total. The van der Waals surface area contributed by atoms with Gasteiger partial charge in [0.2, 0.25) is 5.91 Å². The summed E-state index contributed by atoms with van der Waals surface area (Å²) in [5.41, 5.74) is 5.95. The number of carbonyl (C=O) groups excluding carboxylic acids is 1. The highest BCUT2D eigenvalue weighted by Gasteiger charge is 2.13. The number of hydrogen-bond donors (Lipinski definition) is 1. The molecule has 0 spiro atoms. The van der Waals surface area contributed by atoms with Gasteiger partial charge < -0.3 is 15.4 Å². The Kier molecular flexibility index (Phi) is 7.15. The van der Waals surface area contributed by atoms with E-state index in [2.05, 4.69) is 13.8 Å². The second-order valence-corrected chi connectivity index (χ2v) is 5.54. The Balaban J connectivity index is 2.28. The molecular weight excluding hydrogens is 271 g/mol. The molecule has 118 valence electrons. The first-order valence-electron chi connectivity index (χ1n) is 7.28. The van der Waals surface area contributed by atoms with Crippen LogP contribution in [0.4, 0.5) is 4.39 Å². The van der Waals surface area contributed by atoms with E-state index in [0.717, 1.165) is 6.42 Å². The van der Waals surface area contributed by atoms with Crippen molar-refractivity contribution in [3.8, 4) is 5.75 Å². The van der Waals surface area contributed by atoms with Crippen molar-refractivity contribution in [2.24, 2.45) is 11.7 Å². The van der Waals surface area contributed by atoms with E-state index in [9.17, 15) is 9.18 Å². The molecule has 0 bridgehead atoms. The van der Waals surface area contributed by atoms with Crippen LogP contribution in [-0.4, -0.2) is 37.0 Å². The van der Waals surface area contributed by atoms with Crippen molar-refractivity contribution >= 4 is 5.91 Å². The minimum absolute atomic E-state index is 0.0257. The van der Waals surface area contributed by atoms with Gasteiger partial charge in [0.1, 0.15) is 0 Å². The van der Waals surface area contributed by atoms with Crippen molar-refractivity contribution < 1.29 is 13.9 Å². The molecule has 0 aliphatic carbocycles. The van der Waals surface area contributed by atoms with Gasteiger partial charge in [-0.25, -0.2) is 4.39 Å². The molecule has 1 atom stereocenters. The van der Waals surface area contributed by atoms with E-state index in [1.165, 1.54) is 6.07 Å². The Bertz CT molecular complexity index is 452. The predicted molar refractivity (Wildman–Crippen MR) is 81.6 cm³/mol. The van der Waals surface area contributed by atoms with Crippen LogP contribution in [0, 0.1) is 11.7 Å². The summed E-state index contributed by atoms with van der Waals surface area (Å²) in [5.74, 6) is 0.135. The van der Waals surface area contributed by atoms with Crippen LogP contribution in [0.15, 0.2) is 24.3 Å². The summed E-state index contributed by atoms with van der Waals surface area (Å²) < 4.78 is 18.6. The third-order valence-electron chi connectivity index (χ3n) is 3.49. The van der Waals surface area contributed by atoms with E-state index in [-0.39, 0.29) is 30.7 Å². The second-order valence-electron chi connectivity index (χ2n) is 5.54.